The van der Waals surface area contributed by atoms with E-state index in [1.165, 1.54) is 5.56 Å². The average molecular weight is 386 g/mol. The average Bonchev–Trinajstić information content (AvgIpc) is 2.72. The second kappa shape index (κ2) is 8.12. The highest BCUT2D eigenvalue weighted by atomic mass is 16.5. The molecule has 0 N–H and O–H groups in total. The lowest BCUT2D eigenvalue weighted by Crippen LogP contribution is -2.18. The molecule has 1 atom stereocenters. The molecule has 1 unspecified atom stereocenters. The van der Waals surface area contributed by atoms with Gasteiger partial charge < -0.3 is 9.47 Å². The lowest BCUT2D eigenvalue weighted by Gasteiger charge is -2.22. The van der Waals surface area contributed by atoms with Crippen molar-refractivity contribution in [2.75, 3.05) is 0 Å². The highest BCUT2D eigenvalue weighted by Crippen LogP contribution is 2.41. The first kappa shape index (κ1) is 19.3. The molecule has 29 heavy (non-hydrogen) atoms. The highest BCUT2D eigenvalue weighted by Gasteiger charge is 2.24. The van der Waals surface area contributed by atoms with Crippen LogP contribution in [0, 0.1) is 5.92 Å². The summed E-state index contributed by atoms with van der Waals surface area (Å²) in [6, 6.07) is 21.8. The molecule has 3 heteroatoms. The van der Waals surface area contributed by atoms with Crippen LogP contribution in [0.15, 0.2) is 66.7 Å². The molecule has 0 aliphatic carbocycles. The zero-order valence-electron chi connectivity index (χ0n) is 17.1. The Morgan fingerprint density at radius 1 is 0.931 bits per heavy atom. The molecule has 0 radical (unpaired) electrons. The van der Waals surface area contributed by atoms with E-state index in [0.717, 1.165) is 34.6 Å². The number of hydrogen-bond acceptors (Lipinski definition) is 3. The summed E-state index contributed by atoms with van der Waals surface area (Å²) in [6.07, 6.45) is 1.73. The number of fused-ring (bicyclic) bond motifs is 2. The molecule has 0 aromatic heterocycles. The van der Waals surface area contributed by atoms with Crippen molar-refractivity contribution in [3.63, 3.8) is 0 Å². The van der Waals surface area contributed by atoms with Gasteiger partial charge in [-0.1, -0.05) is 62.4 Å². The maximum Gasteiger partial charge on any atom is 0.318 e. The molecule has 3 nitrogen and oxygen atoms in total. The van der Waals surface area contributed by atoms with Crippen LogP contribution in [-0.4, -0.2) is 5.97 Å². The van der Waals surface area contributed by atoms with Crippen molar-refractivity contribution in [2.45, 2.75) is 39.5 Å². The van der Waals surface area contributed by atoms with E-state index in [1.54, 1.807) is 0 Å². The number of rotatable bonds is 5. The summed E-state index contributed by atoms with van der Waals surface area (Å²) in [5.41, 5.74) is 4.27. The molecule has 1 aliphatic rings. The number of benzene rings is 3. The van der Waals surface area contributed by atoms with Crippen LogP contribution in [0.25, 0.3) is 0 Å². The molecule has 0 saturated carbocycles. The molecule has 1 aliphatic heterocycles. The largest absolute Gasteiger partial charge is 0.457 e. The van der Waals surface area contributed by atoms with Crippen molar-refractivity contribution in [3.05, 3.63) is 89.0 Å². The van der Waals surface area contributed by atoms with Crippen LogP contribution >= 0.6 is 0 Å². The van der Waals surface area contributed by atoms with Gasteiger partial charge in [-0.3, -0.25) is 4.79 Å². The van der Waals surface area contributed by atoms with Gasteiger partial charge in [0.15, 0.2) is 0 Å². The van der Waals surface area contributed by atoms with Crippen LogP contribution in [0.5, 0.6) is 17.2 Å². The van der Waals surface area contributed by atoms with Gasteiger partial charge in [0.05, 0.1) is 5.92 Å². The molecular formula is C26H26O3. The number of ether oxygens (including phenoxy) is 2. The second-order valence-electron chi connectivity index (χ2n) is 8.10. The summed E-state index contributed by atoms with van der Waals surface area (Å²) in [5.74, 6) is 2.20. The smallest absolute Gasteiger partial charge is 0.318 e. The predicted octanol–water partition coefficient (Wildman–Crippen LogP) is 6.29. The van der Waals surface area contributed by atoms with Crippen molar-refractivity contribution in [2.24, 2.45) is 5.92 Å². The maximum atomic E-state index is 12.8. The maximum absolute atomic E-state index is 12.8. The minimum atomic E-state index is -0.337. The monoisotopic (exact) mass is 386 g/mol. The molecular weight excluding hydrogens is 360 g/mol. The molecule has 0 saturated heterocycles. The summed E-state index contributed by atoms with van der Waals surface area (Å²) in [6.45, 7) is 6.30. The number of hydrogen-bond donors (Lipinski definition) is 0. The summed E-state index contributed by atoms with van der Waals surface area (Å²) in [4.78, 5) is 12.8. The Bertz CT molecular complexity index is 1020. The SMILES string of the molecule is CC(C)Cc1ccc(C(C)C(=O)Oc2cccc3c2Cc2ccccc2O3)cc1. The third-order valence-electron chi connectivity index (χ3n) is 5.34. The minimum Gasteiger partial charge on any atom is -0.457 e. The van der Waals surface area contributed by atoms with Crippen molar-refractivity contribution < 1.29 is 14.3 Å². The topological polar surface area (TPSA) is 35.5 Å². The summed E-state index contributed by atoms with van der Waals surface area (Å²) < 4.78 is 11.8. The van der Waals surface area contributed by atoms with Gasteiger partial charge >= 0.3 is 5.97 Å². The zero-order valence-corrected chi connectivity index (χ0v) is 17.1. The third kappa shape index (κ3) is 4.19. The first-order valence-corrected chi connectivity index (χ1v) is 10.2. The second-order valence-corrected chi connectivity index (χ2v) is 8.10. The lowest BCUT2D eigenvalue weighted by molar-refractivity contribution is -0.135. The number of carbonyl (C=O) groups excluding carboxylic acids is 1. The van der Waals surface area contributed by atoms with E-state index in [4.69, 9.17) is 9.47 Å². The normalized spacial score (nSPS) is 13.2. The van der Waals surface area contributed by atoms with Crippen LogP contribution in [-0.2, 0) is 17.6 Å². The molecule has 3 aromatic rings. The molecule has 0 bridgehead atoms. The van der Waals surface area contributed by atoms with E-state index in [-0.39, 0.29) is 11.9 Å². The van der Waals surface area contributed by atoms with E-state index in [1.807, 2.05) is 61.5 Å². The van der Waals surface area contributed by atoms with E-state index in [2.05, 4.69) is 26.0 Å². The van der Waals surface area contributed by atoms with Gasteiger partial charge in [-0.05, 0) is 54.2 Å². The van der Waals surface area contributed by atoms with Gasteiger partial charge in [0.2, 0.25) is 0 Å². The Labute approximate surface area is 172 Å². The Morgan fingerprint density at radius 2 is 1.66 bits per heavy atom. The fourth-order valence-corrected chi connectivity index (χ4v) is 3.72. The van der Waals surface area contributed by atoms with Crippen LogP contribution < -0.4 is 9.47 Å². The van der Waals surface area contributed by atoms with Crippen LogP contribution in [0.4, 0.5) is 0 Å². The molecule has 0 fully saturated rings. The van der Waals surface area contributed by atoms with Crippen molar-refractivity contribution >= 4 is 5.97 Å². The van der Waals surface area contributed by atoms with Crippen molar-refractivity contribution in [3.8, 4) is 17.2 Å². The molecule has 4 rings (SSSR count). The van der Waals surface area contributed by atoms with Gasteiger partial charge in [-0.25, -0.2) is 0 Å². The van der Waals surface area contributed by atoms with Crippen LogP contribution in [0.1, 0.15) is 48.9 Å². The highest BCUT2D eigenvalue weighted by molar-refractivity contribution is 5.80. The minimum absolute atomic E-state index is 0.256. The lowest BCUT2D eigenvalue weighted by atomic mass is 9.96. The first-order chi connectivity index (χ1) is 14.0. The fourth-order valence-electron chi connectivity index (χ4n) is 3.72. The van der Waals surface area contributed by atoms with Crippen molar-refractivity contribution in [1.29, 1.82) is 0 Å². The summed E-state index contributed by atoms with van der Waals surface area (Å²) >= 11 is 0. The van der Waals surface area contributed by atoms with Gasteiger partial charge in [0, 0.05) is 12.0 Å². The van der Waals surface area contributed by atoms with Crippen LogP contribution in [0.3, 0.4) is 0 Å². The summed E-state index contributed by atoms with van der Waals surface area (Å²) in [7, 11) is 0. The predicted molar refractivity (Wildman–Crippen MR) is 115 cm³/mol. The van der Waals surface area contributed by atoms with Gasteiger partial charge in [-0.15, -0.1) is 0 Å². The Kier molecular flexibility index (Phi) is 5.39. The first-order valence-electron chi connectivity index (χ1n) is 10.2. The standard InChI is InChI=1S/C26H26O3/c1-17(2)15-19-11-13-20(14-12-19)18(3)26(27)29-25-10-6-9-24-22(25)16-21-7-4-5-8-23(21)28-24/h4-14,17-18H,15-16H2,1-3H3. The van der Waals surface area contributed by atoms with Crippen molar-refractivity contribution in [1.82, 2.24) is 0 Å². The van der Waals surface area contributed by atoms with Gasteiger partial charge in [0.25, 0.3) is 0 Å². The van der Waals surface area contributed by atoms with Gasteiger partial charge in [0.1, 0.15) is 17.2 Å². The van der Waals surface area contributed by atoms with E-state index < -0.39 is 0 Å². The van der Waals surface area contributed by atoms with E-state index in [0.29, 0.717) is 18.1 Å². The number of carbonyl (C=O) groups is 1. The van der Waals surface area contributed by atoms with E-state index >= 15 is 0 Å². The molecule has 1 heterocycles. The summed E-state index contributed by atoms with van der Waals surface area (Å²) in [5, 5.41) is 0. The number of esters is 1. The van der Waals surface area contributed by atoms with Crippen LogP contribution in [0.2, 0.25) is 0 Å². The Hall–Kier alpha value is -3.07. The fraction of sp³-hybridized carbons (Fsp3) is 0.269. The quantitative estimate of drug-likeness (QED) is 0.299. The Balaban J connectivity index is 1.51. The molecule has 148 valence electrons. The molecule has 0 spiro atoms. The zero-order chi connectivity index (χ0) is 20.4. The Morgan fingerprint density at radius 3 is 2.41 bits per heavy atom. The molecule has 0 amide bonds. The molecule has 3 aromatic carbocycles. The third-order valence-corrected chi connectivity index (χ3v) is 5.34. The van der Waals surface area contributed by atoms with E-state index in [9.17, 15) is 4.79 Å². The number of para-hydroxylation sites is 1. The van der Waals surface area contributed by atoms with Gasteiger partial charge in [-0.2, -0.15) is 0 Å².